The van der Waals surface area contributed by atoms with Crippen molar-refractivity contribution in [2.45, 2.75) is 25.0 Å². The monoisotopic (exact) mass is 390 g/mol. The van der Waals surface area contributed by atoms with Crippen LogP contribution in [0.5, 0.6) is 0 Å². The van der Waals surface area contributed by atoms with E-state index in [0.29, 0.717) is 19.5 Å². The van der Waals surface area contributed by atoms with E-state index in [1.165, 1.54) is 5.56 Å². The van der Waals surface area contributed by atoms with Crippen LogP contribution < -0.4 is 5.32 Å². The Hall–Kier alpha value is -3.26. The maximum absolute atomic E-state index is 12.9. The van der Waals surface area contributed by atoms with Gasteiger partial charge in [-0.2, -0.15) is 0 Å². The van der Waals surface area contributed by atoms with Gasteiger partial charge in [-0.25, -0.2) is 4.98 Å². The van der Waals surface area contributed by atoms with Gasteiger partial charge in [0.1, 0.15) is 12.1 Å². The topological polar surface area (TPSA) is 94.2 Å². The number of carbonyl (C=O) groups excluding carboxylic acids is 2. The number of benzene rings is 1. The Labute approximate surface area is 167 Å². The molecule has 2 saturated heterocycles. The number of rotatable bonds is 4. The van der Waals surface area contributed by atoms with Gasteiger partial charge in [0.05, 0.1) is 11.8 Å². The standard InChI is InChI=1S/C21H22N6O2/c28-20-19-12-26(11-14-3-1-5-17-16(14)4-2-6-23-17)7-8-27(19)21(29)18(25-20)9-15-10-22-13-24-15/h1-6,10,13,18-19H,7-9,11-12H2,(H,22,24)(H,25,28)/t18-,19+/m0/s1. The molecule has 8 heteroatoms. The molecule has 0 bridgehead atoms. The van der Waals surface area contributed by atoms with E-state index < -0.39 is 12.1 Å². The van der Waals surface area contributed by atoms with Crippen LogP contribution in [-0.4, -0.2) is 68.3 Å². The number of aromatic nitrogens is 3. The Kier molecular flexibility index (Phi) is 4.48. The maximum Gasteiger partial charge on any atom is 0.246 e. The molecular formula is C21H22N6O2. The lowest BCUT2D eigenvalue weighted by atomic mass is 10.0. The smallest absolute Gasteiger partial charge is 0.246 e. The van der Waals surface area contributed by atoms with Crippen LogP contribution >= 0.6 is 0 Å². The minimum atomic E-state index is -0.533. The number of carbonyl (C=O) groups is 2. The number of amides is 2. The number of aromatic amines is 1. The van der Waals surface area contributed by atoms with Gasteiger partial charge in [-0.3, -0.25) is 19.5 Å². The number of piperazine rings is 2. The number of hydrogen-bond donors (Lipinski definition) is 2. The summed E-state index contributed by atoms with van der Waals surface area (Å²) in [6.07, 6.45) is 5.49. The zero-order valence-electron chi connectivity index (χ0n) is 15.9. The molecule has 2 aliphatic heterocycles. The molecule has 0 saturated carbocycles. The number of imidazole rings is 1. The molecule has 2 N–H and O–H groups in total. The first-order valence-corrected chi connectivity index (χ1v) is 9.82. The summed E-state index contributed by atoms with van der Waals surface area (Å²) in [5.41, 5.74) is 2.99. The van der Waals surface area contributed by atoms with Crippen LogP contribution in [0.25, 0.3) is 10.9 Å². The van der Waals surface area contributed by atoms with Gasteiger partial charge in [0.25, 0.3) is 0 Å². The summed E-state index contributed by atoms with van der Waals surface area (Å²) in [5, 5.41) is 4.03. The third-order valence-electron chi connectivity index (χ3n) is 5.77. The van der Waals surface area contributed by atoms with E-state index in [1.807, 2.05) is 18.2 Å². The van der Waals surface area contributed by atoms with Crippen LogP contribution in [0.4, 0.5) is 0 Å². The van der Waals surface area contributed by atoms with Crippen molar-refractivity contribution in [3.63, 3.8) is 0 Å². The van der Waals surface area contributed by atoms with Crippen LogP contribution in [-0.2, 0) is 22.6 Å². The van der Waals surface area contributed by atoms with E-state index in [4.69, 9.17) is 0 Å². The van der Waals surface area contributed by atoms with Gasteiger partial charge in [0.2, 0.25) is 11.8 Å². The Balaban J connectivity index is 1.30. The van der Waals surface area contributed by atoms with Crippen LogP contribution in [0.1, 0.15) is 11.3 Å². The molecule has 2 atom stereocenters. The number of fused-ring (bicyclic) bond motifs is 2. The first-order valence-electron chi connectivity index (χ1n) is 9.82. The van der Waals surface area contributed by atoms with Crippen molar-refractivity contribution < 1.29 is 9.59 Å². The lowest BCUT2D eigenvalue weighted by Gasteiger charge is -2.45. The molecule has 5 rings (SSSR count). The quantitative estimate of drug-likeness (QED) is 0.684. The highest BCUT2D eigenvalue weighted by atomic mass is 16.2. The summed E-state index contributed by atoms with van der Waals surface area (Å²) in [4.78, 5) is 41.0. The fraction of sp³-hybridized carbons (Fsp3) is 0.333. The van der Waals surface area contributed by atoms with E-state index in [-0.39, 0.29) is 11.8 Å². The second-order valence-corrected chi connectivity index (χ2v) is 7.61. The van der Waals surface area contributed by atoms with Crippen molar-refractivity contribution in [1.82, 2.24) is 30.1 Å². The highest BCUT2D eigenvalue weighted by Gasteiger charge is 2.43. The summed E-state index contributed by atoms with van der Waals surface area (Å²) < 4.78 is 0. The van der Waals surface area contributed by atoms with E-state index in [2.05, 4.69) is 37.3 Å². The molecule has 29 heavy (non-hydrogen) atoms. The predicted molar refractivity (Wildman–Crippen MR) is 107 cm³/mol. The number of pyridine rings is 1. The number of hydrogen-bond acceptors (Lipinski definition) is 5. The molecule has 148 valence electrons. The van der Waals surface area contributed by atoms with Crippen molar-refractivity contribution in [2.24, 2.45) is 0 Å². The van der Waals surface area contributed by atoms with Gasteiger partial charge in [0.15, 0.2) is 0 Å². The molecule has 2 aromatic heterocycles. The van der Waals surface area contributed by atoms with Gasteiger partial charge in [-0.1, -0.05) is 18.2 Å². The molecular weight excluding hydrogens is 368 g/mol. The van der Waals surface area contributed by atoms with Gasteiger partial charge >= 0.3 is 0 Å². The molecule has 4 heterocycles. The maximum atomic E-state index is 12.9. The summed E-state index contributed by atoms with van der Waals surface area (Å²) in [7, 11) is 0. The Bertz CT molecular complexity index is 1050. The second kappa shape index (κ2) is 7.29. The van der Waals surface area contributed by atoms with E-state index in [1.54, 1.807) is 23.6 Å². The summed E-state index contributed by atoms with van der Waals surface area (Å²) in [5.74, 6) is -0.100. The van der Waals surface area contributed by atoms with E-state index >= 15 is 0 Å². The van der Waals surface area contributed by atoms with Crippen molar-refractivity contribution in [3.05, 3.63) is 60.3 Å². The SMILES string of the molecule is O=C1N[C@@H](Cc2cnc[nH]2)C(=O)N2CCN(Cc3cccc4ncccc34)C[C@H]12. The molecule has 0 radical (unpaired) electrons. The summed E-state index contributed by atoms with van der Waals surface area (Å²) >= 11 is 0. The van der Waals surface area contributed by atoms with Crippen LogP contribution in [0.15, 0.2) is 49.1 Å². The molecule has 0 unspecified atom stereocenters. The number of nitrogens with zero attached hydrogens (tertiary/aromatic N) is 4. The molecule has 0 aliphatic carbocycles. The first-order chi connectivity index (χ1) is 14.2. The lowest BCUT2D eigenvalue weighted by molar-refractivity contribution is -0.153. The van der Waals surface area contributed by atoms with Gasteiger partial charge < -0.3 is 15.2 Å². The lowest BCUT2D eigenvalue weighted by Crippen LogP contribution is -2.69. The van der Waals surface area contributed by atoms with Gasteiger partial charge in [0, 0.05) is 56.1 Å². The molecule has 2 fully saturated rings. The molecule has 2 amide bonds. The van der Waals surface area contributed by atoms with Crippen molar-refractivity contribution in [1.29, 1.82) is 0 Å². The predicted octanol–water partition coefficient (Wildman–Crippen LogP) is 0.712. The molecule has 1 aromatic carbocycles. The zero-order chi connectivity index (χ0) is 19.8. The average molecular weight is 390 g/mol. The third kappa shape index (κ3) is 3.36. The fourth-order valence-electron chi connectivity index (χ4n) is 4.30. The Morgan fingerprint density at radius 1 is 1.14 bits per heavy atom. The highest BCUT2D eigenvalue weighted by molar-refractivity contribution is 5.97. The average Bonchev–Trinajstić information content (AvgIpc) is 3.25. The number of H-pyrrole nitrogens is 1. The number of nitrogens with one attached hydrogen (secondary N) is 2. The molecule has 0 spiro atoms. The van der Waals surface area contributed by atoms with E-state index in [0.717, 1.165) is 29.7 Å². The Morgan fingerprint density at radius 2 is 2.07 bits per heavy atom. The van der Waals surface area contributed by atoms with Gasteiger partial charge in [-0.05, 0) is 17.7 Å². The van der Waals surface area contributed by atoms with Gasteiger partial charge in [-0.15, -0.1) is 0 Å². The second-order valence-electron chi connectivity index (χ2n) is 7.61. The first kappa shape index (κ1) is 17.8. The fourth-order valence-corrected chi connectivity index (χ4v) is 4.30. The van der Waals surface area contributed by atoms with Crippen molar-refractivity contribution in [2.75, 3.05) is 19.6 Å². The van der Waals surface area contributed by atoms with Crippen LogP contribution in [0.3, 0.4) is 0 Å². The third-order valence-corrected chi connectivity index (χ3v) is 5.77. The largest absolute Gasteiger partial charge is 0.348 e. The van der Waals surface area contributed by atoms with Crippen LogP contribution in [0, 0.1) is 0 Å². The van der Waals surface area contributed by atoms with Crippen molar-refractivity contribution in [3.8, 4) is 0 Å². The molecule has 3 aromatic rings. The highest BCUT2D eigenvalue weighted by Crippen LogP contribution is 2.22. The van der Waals surface area contributed by atoms with Crippen molar-refractivity contribution >= 4 is 22.7 Å². The molecule has 2 aliphatic rings. The summed E-state index contributed by atoms with van der Waals surface area (Å²) in [6, 6.07) is 9.16. The zero-order valence-corrected chi connectivity index (χ0v) is 15.9. The normalized spacial score (nSPS) is 22.6. The van der Waals surface area contributed by atoms with Crippen LogP contribution in [0.2, 0.25) is 0 Å². The minimum absolute atomic E-state index is 0.0155. The summed E-state index contributed by atoms with van der Waals surface area (Å²) in [6.45, 7) is 2.56. The van der Waals surface area contributed by atoms with E-state index in [9.17, 15) is 9.59 Å². The molecule has 8 nitrogen and oxygen atoms in total. The minimum Gasteiger partial charge on any atom is -0.348 e. The Morgan fingerprint density at radius 3 is 2.93 bits per heavy atom.